The molecule has 2 rings (SSSR count). The second kappa shape index (κ2) is 6.70. The van der Waals surface area contributed by atoms with Crippen molar-refractivity contribution in [2.75, 3.05) is 6.54 Å². The summed E-state index contributed by atoms with van der Waals surface area (Å²) >= 11 is 0. The van der Waals surface area contributed by atoms with Crippen molar-refractivity contribution < 1.29 is 35.6 Å². The average Bonchev–Trinajstić information content (AvgIpc) is 2.65. The van der Waals surface area contributed by atoms with E-state index >= 15 is 0 Å². The van der Waals surface area contributed by atoms with E-state index in [0.717, 1.165) is 18.2 Å². The van der Waals surface area contributed by atoms with Gasteiger partial charge >= 0.3 is 13.5 Å². The summed E-state index contributed by atoms with van der Waals surface area (Å²) in [4.78, 5) is -0.229. The molecule has 1 aromatic rings. The Kier molecular flexibility index (Phi) is 5.41. The third-order valence-corrected chi connectivity index (χ3v) is 5.97. The molecule has 0 aliphatic carbocycles. The highest BCUT2D eigenvalue weighted by molar-refractivity contribution is 7.89. The van der Waals surface area contributed by atoms with Gasteiger partial charge in [-0.2, -0.15) is 0 Å². The van der Waals surface area contributed by atoms with Crippen LogP contribution in [0.3, 0.4) is 0 Å². The van der Waals surface area contributed by atoms with Crippen molar-refractivity contribution in [3.8, 4) is 5.75 Å². The van der Waals surface area contributed by atoms with Crippen molar-refractivity contribution in [1.82, 2.24) is 4.72 Å². The van der Waals surface area contributed by atoms with Crippen molar-refractivity contribution in [2.24, 2.45) is 0 Å². The minimum atomic E-state index is -4.91. The molecule has 1 N–H and O–H groups in total. The molecule has 1 saturated heterocycles. The maximum absolute atomic E-state index is 12.5. The van der Waals surface area contributed by atoms with Crippen LogP contribution >= 0.6 is 0 Å². The molecule has 0 radical (unpaired) electrons. The Morgan fingerprint density at radius 1 is 1.15 bits per heavy atom. The van der Waals surface area contributed by atoms with Crippen LogP contribution in [0.2, 0.25) is 0 Å². The molecule has 1 heterocycles. The van der Waals surface area contributed by atoms with Crippen molar-refractivity contribution >= 4 is 22.6 Å². The lowest BCUT2D eigenvalue weighted by Gasteiger charge is -2.32. The molecule has 0 unspecified atom stereocenters. The molecule has 26 heavy (non-hydrogen) atoms. The summed E-state index contributed by atoms with van der Waals surface area (Å²) in [5.74, 6) is -0.558. The Bertz CT molecular complexity index is 764. The minimum Gasteiger partial charge on any atom is -0.406 e. The van der Waals surface area contributed by atoms with Crippen molar-refractivity contribution in [2.45, 2.75) is 57.1 Å². The van der Waals surface area contributed by atoms with Crippen LogP contribution in [0.15, 0.2) is 23.1 Å². The van der Waals surface area contributed by atoms with Crippen molar-refractivity contribution in [3.05, 3.63) is 18.2 Å². The highest BCUT2D eigenvalue weighted by Crippen LogP contribution is 2.37. The molecular formula is C15H21BF3NO5S. The van der Waals surface area contributed by atoms with E-state index in [1.165, 1.54) is 0 Å². The zero-order valence-corrected chi connectivity index (χ0v) is 15.9. The lowest BCUT2D eigenvalue weighted by atomic mass is 9.79. The molecule has 1 aliphatic heterocycles. The minimum absolute atomic E-state index is 0.0636. The second-order valence-corrected chi connectivity index (χ2v) is 8.57. The number of hydrogen-bond donors (Lipinski definition) is 1. The van der Waals surface area contributed by atoms with E-state index < -0.39 is 40.5 Å². The van der Waals surface area contributed by atoms with Gasteiger partial charge in [-0.05, 0) is 45.9 Å². The lowest BCUT2D eigenvalue weighted by molar-refractivity contribution is -0.274. The third kappa shape index (κ3) is 4.33. The summed E-state index contributed by atoms with van der Waals surface area (Å²) in [7, 11) is -5.13. The molecule has 0 aromatic heterocycles. The first-order valence-electron chi connectivity index (χ1n) is 7.93. The van der Waals surface area contributed by atoms with Crippen molar-refractivity contribution in [1.29, 1.82) is 0 Å². The van der Waals surface area contributed by atoms with Gasteiger partial charge in [0.05, 0.1) is 16.1 Å². The smallest absolute Gasteiger partial charge is 0.406 e. The predicted molar refractivity (Wildman–Crippen MR) is 89.7 cm³/mol. The van der Waals surface area contributed by atoms with E-state index in [4.69, 9.17) is 9.31 Å². The Balaban J connectivity index is 2.55. The van der Waals surface area contributed by atoms with E-state index in [-0.39, 0.29) is 16.9 Å². The van der Waals surface area contributed by atoms with Crippen LogP contribution in [0.25, 0.3) is 0 Å². The van der Waals surface area contributed by atoms with E-state index in [2.05, 4.69) is 9.46 Å². The van der Waals surface area contributed by atoms with Gasteiger partial charge in [0.1, 0.15) is 5.75 Å². The molecule has 0 atom stereocenters. The number of alkyl halides is 3. The monoisotopic (exact) mass is 395 g/mol. The number of ether oxygens (including phenoxy) is 1. The highest BCUT2D eigenvalue weighted by Gasteiger charge is 2.53. The molecule has 0 amide bonds. The van der Waals surface area contributed by atoms with Crippen molar-refractivity contribution in [3.63, 3.8) is 0 Å². The van der Waals surface area contributed by atoms with Gasteiger partial charge in [-0.25, -0.2) is 13.1 Å². The molecule has 1 aliphatic rings. The Labute approximate surface area is 151 Å². The van der Waals surface area contributed by atoms with Crippen LogP contribution in [-0.2, 0) is 19.3 Å². The van der Waals surface area contributed by atoms with Gasteiger partial charge in [-0.3, -0.25) is 0 Å². The quantitative estimate of drug-likeness (QED) is 0.774. The van der Waals surface area contributed by atoms with Crippen LogP contribution < -0.4 is 14.9 Å². The Morgan fingerprint density at radius 3 is 2.15 bits per heavy atom. The topological polar surface area (TPSA) is 73.9 Å². The fraction of sp³-hybridized carbons (Fsp3) is 0.600. The fourth-order valence-electron chi connectivity index (χ4n) is 2.39. The first-order valence-corrected chi connectivity index (χ1v) is 9.42. The van der Waals surface area contributed by atoms with Crippen LogP contribution in [0.1, 0.15) is 34.6 Å². The summed E-state index contributed by atoms with van der Waals surface area (Å²) in [6, 6.07) is 2.95. The van der Waals surface area contributed by atoms with Crippen LogP contribution in [0.5, 0.6) is 5.75 Å². The predicted octanol–water partition coefficient (Wildman–Crippen LogP) is 2.18. The number of sulfonamides is 1. The molecule has 0 bridgehead atoms. The molecule has 11 heteroatoms. The number of nitrogens with one attached hydrogen (secondary N) is 1. The zero-order valence-electron chi connectivity index (χ0n) is 15.1. The summed E-state index contributed by atoms with van der Waals surface area (Å²) in [5.41, 5.74) is -1.65. The number of rotatable bonds is 5. The zero-order chi connectivity index (χ0) is 20.0. The summed E-state index contributed by atoms with van der Waals surface area (Å²) in [5, 5.41) is 0. The molecule has 1 aromatic carbocycles. The molecule has 146 valence electrons. The van der Waals surface area contributed by atoms with E-state index in [9.17, 15) is 21.6 Å². The van der Waals surface area contributed by atoms with Gasteiger partial charge in [-0.15, -0.1) is 13.2 Å². The first kappa shape index (κ1) is 21.0. The van der Waals surface area contributed by atoms with Gasteiger partial charge in [0.25, 0.3) is 0 Å². The number of hydrogen-bond acceptors (Lipinski definition) is 5. The Morgan fingerprint density at radius 2 is 1.69 bits per heavy atom. The first-order chi connectivity index (χ1) is 11.7. The fourth-order valence-corrected chi connectivity index (χ4v) is 3.64. The molecule has 1 fully saturated rings. The van der Waals surface area contributed by atoms with Crippen LogP contribution in [0, 0.1) is 0 Å². The largest absolute Gasteiger partial charge is 0.573 e. The van der Waals surface area contributed by atoms with Crippen LogP contribution in [0.4, 0.5) is 13.2 Å². The average molecular weight is 395 g/mol. The maximum Gasteiger partial charge on any atom is 0.573 e. The summed E-state index contributed by atoms with van der Waals surface area (Å²) in [6.45, 7) is 8.71. The van der Waals surface area contributed by atoms with E-state index in [1.807, 2.05) is 0 Å². The van der Waals surface area contributed by atoms with Gasteiger partial charge in [0.2, 0.25) is 10.0 Å². The molecule has 6 nitrogen and oxygen atoms in total. The standard InChI is InChI=1S/C15H21BF3NO5S/c1-6-20-26(21,22)12-8-7-10(23-15(17,18)19)9-11(12)16-24-13(2,3)14(4,5)25-16/h7-9,20H,6H2,1-5H3. The molecular weight excluding hydrogens is 374 g/mol. The summed E-state index contributed by atoms with van der Waals surface area (Å²) < 4.78 is 80.3. The SMILES string of the molecule is CCNS(=O)(=O)c1ccc(OC(F)(F)F)cc1B1OC(C)(C)C(C)(C)O1. The normalized spacial score (nSPS) is 19.6. The maximum atomic E-state index is 12.5. The van der Waals surface area contributed by atoms with E-state index in [1.54, 1.807) is 34.6 Å². The molecule has 0 spiro atoms. The van der Waals surface area contributed by atoms with Gasteiger partial charge in [0, 0.05) is 12.0 Å². The number of halogens is 3. The van der Waals surface area contributed by atoms with E-state index in [0.29, 0.717) is 0 Å². The van der Waals surface area contributed by atoms with Gasteiger partial charge in [-0.1, -0.05) is 6.92 Å². The second-order valence-electron chi connectivity index (χ2n) is 6.84. The number of benzene rings is 1. The van der Waals surface area contributed by atoms with Gasteiger partial charge < -0.3 is 14.0 Å². The van der Waals surface area contributed by atoms with Gasteiger partial charge in [0.15, 0.2) is 0 Å². The Hall–Kier alpha value is -1.30. The van der Waals surface area contributed by atoms with Crippen LogP contribution in [-0.4, -0.2) is 39.6 Å². The molecule has 0 saturated carbocycles. The summed E-state index contributed by atoms with van der Waals surface area (Å²) in [6.07, 6.45) is -4.91. The lowest BCUT2D eigenvalue weighted by Crippen LogP contribution is -2.41. The third-order valence-electron chi connectivity index (χ3n) is 4.35. The highest BCUT2D eigenvalue weighted by atomic mass is 32.2.